The number of hydrogen-bond acceptors (Lipinski definition) is 7. The summed E-state index contributed by atoms with van der Waals surface area (Å²) in [6, 6.07) is 7.07. The SMILES string of the molecule is CN1CCN(c2nccc3[nH]c(-c4[nH]nc5c(F)cc(-c6cncc(NC(=O)C7CCCCC7)c6)cc45)nc23)CC1. The lowest BCUT2D eigenvalue weighted by molar-refractivity contribution is -0.120. The number of amides is 1. The molecule has 3 N–H and O–H groups in total. The summed E-state index contributed by atoms with van der Waals surface area (Å²) in [5.41, 5.74) is 4.39. The Morgan fingerprint density at radius 3 is 2.68 bits per heavy atom. The summed E-state index contributed by atoms with van der Waals surface area (Å²) < 4.78 is 15.3. The van der Waals surface area contributed by atoms with Crippen LogP contribution in [0.4, 0.5) is 15.9 Å². The van der Waals surface area contributed by atoms with Gasteiger partial charge in [0.1, 0.15) is 16.7 Å². The molecule has 41 heavy (non-hydrogen) atoms. The molecule has 1 saturated heterocycles. The van der Waals surface area contributed by atoms with Crippen molar-refractivity contribution < 1.29 is 9.18 Å². The number of aromatic amines is 2. The molecule has 1 aliphatic carbocycles. The van der Waals surface area contributed by atoms with E-state index < -0.39 is 5.82 Å². The van der Waals surface area contributed by atoms with Gasteiger partial charge in [0.05, 0.1) is 17.4 Å². The van der Waals surface area contributed by atoms with E-state index in [0.717, 1.165) is 68.7 Å². The van der Waals surface area contributed by atoms with Crippen molar-refractivity contribution in [2.24, 2.45) is 5.92 Å². The second-order valence-electron chi connectivity index (χ2n) is 11.1. The minimum atomic E-state index is -0.451. The van der Waals surface area contributed by atoms with Gasteiger partial charge in [0.2, 0.25) is 5.91 Å². The molecular formula is C30H32FN9O. The number of nitrogens with zero attached hydrogens (tertiary/aromatic N) is 6. The van der Waals surface area contributed by atoms with E-state index in [4.69, 9.17) is 4.98 Å². The van der Waals surface area contributed by atoms with Gasteiger partial charge in [0.25, 0.3) is 0 Å². The van der Waals surface area contributed by atoms with Crippen LogP contribution in [0.25, 0.3) is 44.6 Å². The lowest BCUT2D eigenvalue weighted by atomic mass is 9.88. The number of hydrogen-bond donors (Lipinski definition) is 3. The lowest BCUT2D eigenvalue weighted by Crippen LogP contribution is -2.44. The number of benzene rings is 1. The van der Waals surface area contributed by atoms with E-state index in [2.05, 4.69) is 47.3 Å². The molecule has 10 nitrogen and oxygen atoms in total. The molecule has 4 aromatic heterocycles. The monoisotopic (exact) mass is 553 g/mol. The van der Waals surface area contributed by atoms with Gasteiger partial charge in [-0.05, 0) is 49.7 Å². The molecule has 1 amide bonds. The number of rotatable bonds is 5. The van der Waals surface area contributed by atoms with Crippen molar-refractivity contribution in [3.63, 3.8) is 0 Å². The first-order valence-electron chi connectivity index (χ1n) is 14.3. The zero-order valence-corrected chi connectivity index (χ0v) is 23.0. The lowest BCUT2D eigenvalue weighted by Gasteiger charge is -2.33. The van der Waals surface area contributed by atoms with Crippen LogP contribution in [0.3, 0.4) is 0 Å². The van der Waals surface area contributed by atoms with E-state index in [-0.39, 0.29) is 17.3 Å². The van der Waals surface area contributed by atoms with E-state index in [9.17, 15) is 4.79 Å². The molecule has 0 atom stereocenters. The van der Waals surface area contributed by atoms with Gasteiger partial charge in [-0.2, -0.15) is 5.10 Å². The molecule has 11 heteroatoms. The molecular weight excluding hydrogens is 521 g/mol. The highest BCUT2D eigenvalue weighted by atomic mass is 19.1. The Balaban J connectivity index is 1.22. The average Bonchev–Trinajstić information content (AvgIpc) is 3.63. The second kappa shape index (κ2) is 10.5. The van der Waals surface area contributed by atoms with Gasteiger partial charge in [-0.3, -0.25) is 14.9 Å². The minimum Gasteiger partial charge on any atom is -0.352 e. The van der Waals surface area contributed by atoms with Crippen molar-refractivity contribution in [1.29, 1.82) is 0 Å². The largest absolute Gasteiger partial charge is 0.352 e. The van der Waals surface area contributed by atoms with Crippen molar-refractivity contribution in [2.45, 2.75) is 32.1 Å². The third-order valence-corrected chi connectivity index (χ3v) is 8.35. The number of halogens is 1. The van der Waals surface area contributed by atoms with E-state index in [1.165, 1.54) is 12.5 Å². The molecule has 5 aromatic rings. The fourth-order valence-electron chi connectivity index (χ4n) is 5.99. The number of H-pyrrole nitrogens is 2. The Bertz CT molecular complexity index is 1730. The fourth-order valence-corrected chi connectivity index (χ4v) is 5.99. The zero-order valence-electron chi connectivity index (χ0n) is 23.0. The molecule has 0 bridgehead atoms. The van der Waals surface area contributed by atoms with Gasteiger partial charge in [-0.1, -0.05) is 19.3 Å². The van der Waals surface area contributed by atoms with Crippen LogP contribution in [-0.2, 0) is 4.79 Å². The number of piperazine rings is 1. The summed E-state index contributed by atoms with van der Waals surface area (Å²) in [6.45, 7) is 3.67. The van der Waals surface area contributed by atoms with Gasteiger partial charge in [-0.25, -0.2) is 14.4 Å². The summed E-state index contributed by atoms with van der Waals surface area (Å²) in [5, 5.41) is 10.9. The first kappa shape index (κ1) is 25.6. The summed E-state index contributed by atoms with van der Waals surface area (Å²) in [4.78, 5) is 34.6. The molecule has 2 fully saturated rings. The van der Waals surface area contributed by atoms with Gasteiger partial charge >= 0.3 is 0 Å². The minimum absolute atomic E-state index is 0.0257. The Morgan fingerprint density at radius 2 is 1.85 bits per heavy atom. The molecule has 1 aromatic carbocycles. The smallest absolute Gasteiger partial charge is 0.227 e. The van der Waals surface area contributed by atoms with Crippen LogP contribution in [0.2, 0.25) is 0 Å². The van der Waals surface area contributed by atoms with E-state index in [0.29, 0.717) is 33.7 Å². The number of pyridine rings is 2. The van der Waals surface area contributed by atoms with Crippen LogP contribution in [-0.4, -0.2) is 74.2 Å². The summed E-state index contributed by atoms with van der Waals surface area (Å²) in [5.74, 6) is 1.01. The van der Waals surface area contributed by atoms with Crippen molar-refractivity contribution in [3.8, 4) is 22.6 Å². The summed E-state index contributed by atoms with van der Waals surface area (Å²) in [7, 11) is 2.12. The first-order valence-corrected chi connectivity index (χ1v) is 14.3. The van der Waals surface area contributed by atoms with Gasteiger partial charge in [0.15, 0.2) is 17.5 Å². The van der Waals surface area contributed by atoms with Crippen molar-refractivity contribution >= 4 is 39.3 Å². The van der Waals surface area contributed by atoms with Crippen molar-refractivity contribution in [1.82, 2.24) is 35.0 Å². The molecule has 5 heterocycles. The summed E-state index contributed by atoms with van der Waals surface area (Å²) >= 11 is 0. The highest BCUT2D eigenvalue weighted by Gasteiger charge is 2.23. The maximum Gasteiger partial charge on any atom is 0.227 e. The topological polar surface area (TPSA) is 119 Å². The van der Waals surface area contributed by atoms with Gasteiger partial charge in [-0.15, -0.1) is 0 Å². The maximum atomic E-state index is 15.3. The number of nitrogens with one attached hydrogen (secondary N) is 3. The quantitative estimate of drug-likeness (QED) is 0.281. The first-order chi connectivity index (χ1) is 20.0. The Morgan fingerprint density at radius 1 is 1.02 bits per heavy atom. The fraction of sp³-hybridized carbons (Fsp3) is 0.367. The zero-order chi connectivity index (χ0) is 27.9. The normalized spacial score (nSPS) is 17.0. The molecule has 1 saturated carbocycles. The van der Waals surface area contributed by atoms with Crippen molar-refractivity contribution in [2.75, 3.05) is 43.4 Å². The number of imidazole rings is 1. The average molecular weight is 554 g/mol. The Kier molecular flexibility index (Phi) is 6.58. The van der Waals surface area contributed by atoms with Gasteiger partial charge < -0.3 is 20.1 Å². The van der Waals surface area contributed by atoms with Crippen LogP contribution >= 0.6 is 0 Å². The number of carbonyl (C=O) groups is 1. The Hall–Kier alpha value is -4.38. The van der Waals surface area contributed by atoms with Crippen molar-refractivity contribution in [3.05, 3.63) is 48.7 Å². The molecule has 0 radical (unpaired) electrons. The molecule has 0 spiro atoms. The number of carbonyl (C=O) groups excluding carboxylic acids is 1. The van der Waals surface area contributed by atoms with E-state index in [1.54, 1.807) is 18.6 Å². The van der Waals surface area contributed by atoms with E-state index >= 15 is 4.39 Å². The second-order valence-corrected chi connectivity index (χ2v) is 11.1. The third kappa shape index (κ3) is 4.90. The van der Waals surface area contributed by atoms with E-state index in [1.807, 2.05) is 18.2 Å². The number of anilines is 2. The van der Waals surface area contributed by atoms with Crippen LogP contribution < -0.4 is 10.2 Å². The molecule has 7 rings (SSSR count). The van der Waals surface area contributed by atoms with Crippen LogP contribution in [0.15, 0.2) is 42.9 Å². The number of likely N-dealkylation sites (N-methyl/N-ethyl adjacent to an activating group) is 1. The molecule has 2 aliphatic rings. The maximum absolute atomic E-state index is 15.3. The number of fused-ring (bicyclic) bond motifs is 2. The number of aromatic nitrogens is 6. The highest BCUT2D eigenvalue weighted by molar-refractivity contribution is 5.98. The molecule has 210 valence electrons. The third-order valence-electron chi connectivity index (χ3n) is 8.35. The summed E-state index contributed by atoms with van der Waals surface area (Å²) in [6.07, 6.45) is 10.3. The molecule has 1 aliphatic heterocycles. The van der Waals surface area contributed by atoms with Crippen LogP contribution in [0.5, 0.6) is 0 Å². The highest BCUT2D eigenvalue weighted by Crippen LogP contribution is 2.34. The van der Waals surface area contributed by atoms with Crippen LogP contribution in [0, 0.1) is 11.7 Å². The Labute approximate surface area is 236 Å². The van der Waals surface area contributed by atoms with Gasteiger partial charge in [0, 0.05) is 55.4 Å². The standard InChI is InChI=1S/C30H32FN9O/c1-39-9-11-40(12-10-39)29-27-24(7-8-33-29)35-28(36-27)26-22-14-19(15-23(31)25(22)37-38-26)20-13-21(17-32-16-20)34-30(41)18-5-3-2-4-6-18/h7-8,13-18H,2-6,9-12H2,1H3,(H,34,41)(H,35,36)(H,37,38). The predicted octanol–water partition coefficient (Wildman–Crippen LogP) is 4.97. The predicted molar refractivity (Wildman–Crippen MR) is 157 cm³/mol. The molecule has 0 unspecified atom stereocenters. The van der Waals surface area contributed by atoms with Crippen LogP contribution in [0.1, 0.15) is 32.1 Å².